The van der Waals surface area contributed by atoms with Crippen molar-refractivity contribution < 1.29 is 4.39 Å². The molecule has 110 valence electrons. The van der Waals surface area contributed by atoms with Crippen molar-refractivity contribution in [2.75, 3.05) is 6.54 Å². The quantitative estimate of drug-likeness (QED) is 0.855. The molecule has 0 saturated heterocycles. The van der Waals surface area contributed by atoms with Crippen molar-refractivity contribution in [1.82, 2.24) is 5.32 Å². The van der Waals surface area contributed by atoms with Gasteiger partial charge in [-0.2, -0.15) is 0 Å². The normalized spacial score (nSPS) is 26.8. The molecule has 0 amide bonds. The maximum Gasteiger partial charge on any atom is 0.127 e. The lowest BCUT2D eigenvalue weighted by Crippen LogP contribution is -2.31. The fourth-order valence-corrected chi connectivity index (χ4v) is 3.83. The summed E-state index contributed by atoms with van der Waals surface area (Å²) >= 11 is 0. The highest BCUT2D eigenvalue weighted by molar-refractivity contribution is 5.35. The van der Waals surface area contributed by atoms with Gasteiger partial charge in [0.25, 0.3) is 0 Å². The van der Waals surface area contributed by atoms with E-state index in [2.05, 4.69) is 18.3 Å². The number of hydrogen-bond donors (Lipinski definition) is 1. The van der Waals surface area contributed by atoms with E-state index < -0.39 is 0 Å². The number of rotatable bonds is 4. The molecule has 0 aromatic heterocycles. The molecule has 0 bridgehead atoms. The summed E-state index contributed by atoms with van der Waals surface area (Å²) in [5.41, 5.74) is 3.18. The van der Waals surface area contributed by atoms with Crippen LogP contribution in [0.25, 0.3) is 0 Å². The molecular weight excluding hydrogens is 249 g/mol. The highest BCUT2D eigenvalue weighted by Gasteiger charge is 2.31. The molecule has 2 saturated carbocycles. The first kappa shape index (κ1) is 14.1. The van der Waals surface area contributed by atoms with Gasteiger partial charge in [0.05, 0.1) is 0 Å². The summed E-state index contributed by atoms with van der Waals surface area (Å²) in [5, 5.41) is 3.65. The van der Waals surface area contributed by atoms with Crippen LogP contribution >= 0.6 is 0 Å². The molecule has 3 rings (SSSR count). The van der Waals surface area contributed by atoms with Crippen molar-refractivity contribution in [3.05, 3.63) is 34.6 Å². The van der Waals surface area contributed by atoms with Gasteiger partial charge < -0.3 is 5.32 Å². The summed E-state index contributed by atoms with van der Waals surface area (Å²) < 4.78 is 14.5. The molecule has 0 spiro atoms. The molecule has 2 atom stereocenters. The minimum absolute atomic E-state index is 0.0193. The number of nitrogens with one attached hydrogen (secondary N) is 1. The third-order valence-corrected chi connectivity index (χ3v) is 5.01. The Balaban J connectivity index is 1.81. The summed E-state index contributed by atoms with van der Waals surface area (Å²) in [5.74, 6) is 1.04. The average Bonchev–Trinajstić information content (AvgIpc) is 3.20. The summed E-state index contributed by atoms with van der Waals surface area (Å²) in [4.78, 5) is 0. The summed E-state index contributed by atoms with van der Waals surface area (Å²) in [6, 6.07) is 4.60. The van der Waals surface area contributed by atoms with Gasteiger partial charge in [0, 0.05) is 6.04 Å². The van der Waals surface area contributed by atoms with Crippen LogP contribution < -0.4 is 5.32 Å². The highest BCUT2D eigenvalue weighted by Crippen LogP contribution is 2.40. The van der Waals surface area contributed by atoms with Gasteiger partial charge in [0.2, 0.25) is 0 Å². The fraction of sp³-hybridized carbons (Fsp3) is 0.667. The number of halogens is 1. The van der Waals surface area contributed by atoms with Gasteiger partial charge in [0.1, 0.15) is 5.82 Å². The predicted octanol–water partition coefficient (Wildman–Crippen LogP) is 4.47. The van der Waals surface area contributed by atoms with E-state index in [9.17, 15) is 4.39 Å². The summed E-state index contributed by atoms with van der Waals surface area (Å²) in [7, 11) is 0. The number of benzene rings is 1. The third-order valence-electron chi connectivity index (χ3n) is 5.01. The van der Waals surface area contributed by atoms with Crippen molar-refractivity contribution in [1.29, 1.82) is 0 Å². The van der Waals surface area contributed by atoms with Gasteiger partial charge in [-0.15, -0.1) is 0 Å². The van der Waals surface area contributed by atoms with Crippen molar-refractivity contribution in [2.45, 2.75) is 64.3 Å². The Morgan fingerprint density at radius 3 is 2.55 bits per heavy atom. The first-order valence-electron chi connectivity index (χ1n) is 8.15. The van der Waals surface area contributed by atoms with E-state index in [0.29, 0.717) is 11.8 Å². The van der Waals surface area contributed by atoms with Gasteiger partial charge in [-0.3, -0.25) is 0 Å². The minimum atomic E-state index is 0.0193. The highest BCUT2D eigenvalue weighted by atomic mass is 19.1. The van der Waals surface area contributed by atoms with Crippen molar-refractivity contribution in [3.63, 3.8) is 0 Å². The van der Waals surface area contributed by atoms with E-state index in [1.165, 1.54) is 32.1 Å². The van der Waals surface area contributed by atoms with E-state index >= 15 is 0 Å². The molecule has 20 heavy (non-hydrogen) atoms. The first-order chi connectivity index (χ1) is 9.65. The number of hydrogen-bond acceptors (Lipinski definition) is 1. The van der Waals surface area contributed by atoms with E-state index in [1.807, 2.05) is 6.92 Å². The Hall–Kier alpha value is -0.890. The second-order valence-corrected chi connectivity index (χ2v) is 6.81. The van der Waals surface area contributed by atoms with Crippen LogP contribution in [0, 0.1) is 25.6 Å². The largest absolute Gasteiger partial charge is 0.314 e. The Bertz CT molecular complexity index is 455. The molecule has 2 aliphatic carbocycles. The maximum atomic E-state index is 14.5. The van der Waals surface area contributed by atoms with Gasteiger partial charge in [-0.05, 0) is 80.7 Å². The molecular formula is C18H26FN. The van der Waals surface area contributed by atoms with Gasteiger partial charge >= 0.3 is 0 Å². The monoisotopic (exact) mass is 275 g/mol. The van der Waals surface area contributed by atoms with Gasteiger partial charge in [-0.1, -0.05) is 18.9 Å². The molecule has 2 unspecified atom stereocenters. The Labute approximate surface area is 122 Å². The minimum Gasteiger partial charge on any atom is -0.314 e. The third kappa shape index (κ3) is 3.06. The SMILES string of the molecule is Cc1cc(C)c(C2CCCCC2CNC2CC2)c(F)c1. The summed E-state index contributed by atoms with van der Waals surface area (Å²) in [6.45, 7) is 5.13. The smallest absolute Gasteiger partial charge is 0.127 e. The van der Waals surface area contributed by atoms with Crippen LogP contribution in [0.5, 0.6) is 0 Å². The van der Waals surface area contributed by atoms with Crippen LogP contribution in [-0.2, 0) is 0 Å². The lowest BCUT2D eigenvalue weighted by Gasteiger charge is -2.33. The predicted molar refractivity (Wildman–Crippen MR) is 81.6 cm³/mol. The van der Waals surface area contributed by atoms with Crippen LogP contribution in [0.3, 0.4) is 0 Å². The van der Waals surface area contributed by atoms with Crippen molar-refractivity contribution in [2.24, 2.45) is 5.92 Å². The maximum absolute atomic E-state index is 14.5. The van der Waals surface area contributed by atoms with Gasteiger partial charge in [-0.25, -0.2) is 4.39 Å². The zero-order valence-corrected chi connectivity index (χ0v) is 12.7. The van der Waals surface area contributed by atoms with E-state index in [4.69, 9.17) is 0 Å². The molecule has 0 radical (unpaired) electrons. The van der Waals surface area contributed by atoms with E-state index in [1.54, 1.807) is 6.07 Å². The lowest BCUT2D eigenvalue weighted by atomic mass is 9.74. The molecule has 0 aliphatic heterocycles. The Morgan fingerprint density at radius 2 is 1.85 bits per heavy atom. The molecule has 2 heteroatoms. The zero-order valence-electron chi connectivity index (χ0n) is 12.7. The van der Waals surface area contributed by atoms with Gasteiger partial charge in [0.15, 0.2) is 0 Å². The molecule has 0 heterocycles. The van der Waals surface area contributed by atoms with Crippen molar-refractivity contribution in [3.8, 4) is 0 Å². The van der Waals surface area contributed by atoms with Crippen LogP contribution in [0.4, 0.5) is 4.39 Å². The zero-order chi connectivity index (χ0) is 14.1. The molecule has 2 fully saturated rings. The van der Waals surface area contributed by atoms with Crippen molar-refractivity contribution >= 4 is 0 Å². The van der Waals surface area contributed by atoms with E-state index in [0.717, 1.165) is 35.7 Å². The number of aryl methyl sites for hydroxylation is 2. The first-order valence-corrected chi connectivity index (χ1v) is 8.15. The summed E-state index contributed by atoms with van der Waals surface area (Å²) in [6.07, 6.45) is 7.61. The second-order valence-electron chi connectivity index (χ2n) is 6.81. The molecule has 1 aromatic carbocycles. The second kappa shape index (κ2) is 5.85. The molecule has 1 nitrogen and oxygen atoms in total. The van der Waals surface area contributed by atoms with Crippen LogP contribution in [0.1, 0.15) is 61.1 Å². The average molecular weight is 275 g/mol. The van der Waals surface area contributed by atoms with E-state index in [-0.39, 0.29) is 5.82 Å². The Kier molecular flexibility index (Phi) is 4.11. The lowest BCUT2D eigenvalue weighted by molar-refractivity contribution is 0.288. The topological polar surface area (TPSA) is 12.0 Å². The molecule has 1 N–H and O–H groups in total. The van der Waals surface area contributed by atoms with Crippen LogP contribution in [0.15, 0.2) is 12.1 Å². The molecule has 2 aliphatic rings. The van der Waals surface area contributed by atoms with Crippen LogP contribution in [-0.4, -0.2) is 12.6 Å². The Morgan fingerprint density at radius 1 is 1.10 bits per heavy atom. The standard InChI is InChI=1S/C18H26FN/c1-12-9-13(2)18(17(19)10-12)16-6-4-3-5-14(16)11-20-15-7-8-15/h9-10,14-16,20H,3-8,11H2,1-2H3. The van der Waals surface area contributed by atoms with Crippen LogP contribution in [0.2, 0.25) is 0 Å². The fourth-order valence-electron chi connectivity index (χ4n) is 3.83. The molecule has 1 aromatic rings.